The molecule has 0 fully saturated rings. The molecule has 0 unspecified atom stereocenters. The smallest absolute Gasteiger partial charge is 0.251 e. The Hall–Kier alpha value is -1.66. The van der Waals surface area contributed by atoms with E-state index in [2.05, 4.69) is 42.5 Å². The van der Waals surface area contributed by atoms with Gasteiger partial charge in [0.25, 0.3) is 11.8 Å². The molecule has 0 aliphatic heterocycles. The molecule has 0 heterocycles. The number of carbonyl (C=O) groups excluding carboxylic acids is 2. The third kappa shape index (κ3) is 8.23. The van der Waals surface area contributed by atoms with Crippen LogP contribution in [0.25, 0.3) is 0 Å². The van der Waals surface area contributed by atoms with Gasteiger partial charge in [0.05, 0.1) is 0 Å². The van der Waals surface area contributed by atoms with E-state index in [0.717, 1.165) is 58.6 Å². The summed E-state index contributed by atoms with van der Waals surface area (Å²) >= 11 is 6.92. The zero-order valence-corrected chi connectivity index (χ0v) is 20.9. The second-order valence-electron chi connectivity index (χ2n) is 7.56. The molecule has 0 atom stereocenters. The summed E-state index contributed by atoms with van der Waals surface area (Å²) in [6.07, 6.45) is 6.45. The highest BCUT2D eigenvalue weighted by molar-refractivity contribution is 9.10. The number of unbranched alkanes of at least 4 members (excludes halogenated alkanes) is 5. The Kier molecular flexibility index (Phi) is 10.6. The number of halogens is 2. The van der Waals surface area contributed by atoms with Gasteiger partial charge in [-0.1, -0.05) is 69.7 Å². The number of nitrogens with one attached hydrogen (secondary N) is 2. The van der Waals surface area contributed by atoms with E-state index in [1.165, 1.54) is 0 Å². The Bertz CT molecular complexity index is 797. The van der Waals surface area contributed by atoms with Crippen LogP contribution in [0.5, 0.6) is 0 Å². The molecule has 0 aliphatic carbocycles. The molecule has 2 amide bonds. The summed E-state index contributed by atoms with van der Waals surface area (Å²) in [5, 5.41) is 5.96. The van der Waals surface area contributed by atoms with Crippen molar-refractivity contribution in [3.63, 3.8) is 0 Å². The predicted octanol–water partition coefficient (Wildman–Crippen LogP) is 6.33. The number of hydrogen-bond donors (Lipinski definition) is 2. The monoisotopic (exact) mass is 536 g/mol. The SMILES string of the molecule is Cc1ccc(C(=O)NCCCCCCCCNC(=O)c2ccc(C)c(Br)c2)cc1Br. The Morgan fingerprint density at radius 1 is 0.667 bits per heavy atom. The molecular weight excluding hydrogens is 508 g/mol. The molecule has 2 aromatic rings. The van der Waals surface area contributed by atoms with E-state index < -0.39 is 0 Å². The normalized spacial score (nSPS) is 10.7. The molecule has 0 saturated heterocycles. The van der Waals surface area contributed by atoms with Gasteiger partial charge in [-0.05, 0) is 62.1 Å². The molecule has 162 valence electrons. The van der Waals surface area contributed by atoms with Crippen LogP contribution in [0.3, 0.4) is 0 Å². The van der Waals surface area contributed by atoms with Gasteiger partial charge in [0.2, 0.25) is 0 Å². The fraction of sp³-hybridized carbons (Fsp3) is 0.417. The van der Waals surface area contributed by atoms with Gasteiger partial charge >= 0.3 is 0 Å². The quantitative estimate of drug-likeness (QED) is 0.329. The van der Waals surface area contributed by atoms with Crippen molar-refractivity contribution < 1.29 is 9.59 Å². The second kappa shape index (κ2) is 12.9. The zero-order chi connectivity index (χ0) is 21.9. The van der Waals surface area contributed by atoms with E-state index >= 15 is 0 Å². The molecule has 2 rings (SSSR count). The minimum absolute atomic E-state index is 0.0213. The van der Waals surface area contributed by atoms with E-state index in [1.54, 1.807) is 0 Å². The van der Waals surface area contributed by atoms with Crippen LogP contribution in [0.4, 0.5) is 0 Å². The van der Waals surface area contributed by atoms with Gasteiger partial charge in [0.1, 0.15) is 0 Å². The van der Waals surface area contributed by atoms with Crippen molar-refractivity contribution in [2.24, 2.45) is 0 Å². The number of benzene rings is 2. The highest BCUT2D eigenvalue weighted by atomic mass is 79.9. The van der Waals surface area contributed by atoms with Crippen molar-refractivity contribution in [2.75, 3.05) is 13.1 Å². The van der Waals surface area contributed by atoms with Crippen LogP contribution in [-0.2, 0) is 0 Å². The lowest BCUT2D eigenvalue weighted by Crippen LogP contribution is -2.24. The fourth-order valence-electron chi connectivity index (χ4n) is 3.03. The summed E-state index contributed by atoms with van der Waals surface area (Å²) in [4.78, 5) is 24.3. The van der Waals surface area contributed by atoms with E-state index in [4.69, 9.17) is 0 Å². The fourth-order valence-corrected chi connectivity index (χ4v) is 3.79. The third-order valence-corrected chi connectivity index (χ3v) is 6.75. The molecule has 2 N–H and O–H groups in total. The van der Waals surface area contributed by atoms with Gasteiger partial charge in [0, 0.05) is 33.2 Å². The van der Waals surface area contributed by atoms with Crippen LogP contribution in [0.15, 0.2) is 45.3 Å². The molecule has 6 heteroatoms. The summed E-state index contributed by atoms with van der Waals surface area (Å²) in [5.74, 6) is -0.0425. The highest BCUT2D eigenvalue weighted by Crippen LogP contribution is 2.18. The standard InChI is InChI=1S/C24H30Br2N2O2/c1-17-9-11-19(15-21(17)25)23(29)27-13-7-5-3-4-6-8-14-28-24(30)20-12-10-18(2)22(26)16-20/h9-12,15-16H,3-8,13-14H2,1-2H3,(H,27,29)(H,28,30). The molecule has 30 heavy (non-hydrogen) atoms. The number of aryl methyl sites for hydroxylation is 2. The largest absolute Gasteiger partial charge is 0.352 e. The van der Waals surface area contributed by atoms with E-state index in [1.807, 2.05) is 50.2 Å². The average molecular weight is 538 g/mol. The van der Waals surface area contributed by atoms with Gasteiger partial charge in [-0.25, -0.2) is 0 Å². The van der Waals surface area contributed by atoms with Gasteiger partial charge in [-0.3, -0.25) is 9.59 Å². The number of carbonyl (C=O) groups is 2. The van der Waals surface area contributed by atoms with Crippen LogP contribution in [0.2, 0.25) is 0 Å². The Morgan fingerprint density at radius 2 is 1.03 bits per heavy atom. The first-order chi connectivity index (χ1) is 14.4. The third-order valence-electron chi connectivity index (χ3n) is 5.04. The second-order valence-corrected chi connectivity index (χ2v) is 9.27. The number of hydrogen-bond acceptors (Lipinski definition) is 2. The van der Waals surface area contributed by atoms with Gasteiger partial charge < -0.3 is 10.6 Å². The molecule has 0 spiro atoms. The predicted molar refractivity (Wildman–Crippen MR) is 130 cm³/mol. The maximum atomic E-state index is 12.1. The lowest BCUT2D eigenvalue weighted by Gasteiger charge is -2.08. The van der Waals surface area contributed by atoms with Crippen LogP contribution in [0.1, 0.15) is 70.4 Å². The molecule has 0 saturated carbocycles. The first-order valence-corrected chi connectivity index (χ1v) is 12.1. The minimum atomic E-state index is -0.0213. The minimum Gasteiger partial charge on any atom is -0.352 e. The van der Waals surface area contributed by atoms with Crippen LogP contribution < -0.4 is 10.6 Å². The zero-order valence-electron chi connectivity index (χ0n) is 17.7. The van der Waals surface area contributed by atoms with Crippen LogP contribution >= 0.6 is 31.9 Å². The summed E-state index contributed by atoms with van der Waals surface area (Å²) < 4.78 is 1.91. The molecule has 0 radical (unpaired) electrons. The first-order valence-electron chi connectivity index (χ1n) is 10.5. The van der Waals surface area contributed by atoms with E-state index in [9.17, 15) is 9.59 Å². The van der Waals surface area contributed by atoms with Crippen molar-refractivity contribution in [2.45, 2.75) is 52.4 Å². The van der Waals surface area contributed by atoms with Gasteiger partial charge in [-0.2, -0.15) is 0 Å². The van der Waals surface area contributed by atoms with Gasteiger partial charge in [-0.15, -0.1) is 0 Å². The maximum Gasteiger partial charge on any atom is 0.251 e. The van der Waals surface area contributed by atoms with Crippen molar-refractivity contribution in [1.29, 1.82) is 0 Å². The lowest BCUT2D eigenvalue weighted by atomic mass is 10.1. The number of rotatable bonds is 11. The molecule has 0 bridgehead atoms. The van der Waals surface area contributed by atoms with Crippen molar-refractivity contribution in [3.8, 4) is 0 Å². The number of amides is 2. The highest BCUT2D eigenvalue weighted by Gasteiger charge is 2.07. The molecular formula is C24H30Br2N2O2. The van der Waals surface area contributed by atoms with Crippen molar-refractivity contribution in [3.05, 3.63) is 67.6 Å². The Morgan fingerprint density at radius 3 is 1.40 bits per heavy atom. The van der Waals surface area contributed by atoms with Crippen LogP contribution in [-0.4, -0.2) is 24.9 Å². The summed E-state index contributed by atoms with van der Waals surface area (Å²) in [5.41, 5.74) is 3.61. The average Bonchev–Trinajstić information content (AvgIpc) is 2.73. The van der Waals surface area contributed by atoms with E-state index in [-0.39, 0.29) is 11.8 Å². The summed E-state index contributed by atoms with van der Waals surface area (Å²) in [6, 6.07) is 11.3. The summed E-state index contributed by atoms with van der Waals surface area (Å²) in [7, 11) is 0. The molecule has 0 aliphatic rings. The van der Waals surface area contributed by atoms with Crippen molar-refractivity contribution >= 4 is 43.7 Å². The Labute approximate surface area is 196 Å². The maximum absolute atomic E-state index is 12.1. The van der Waals surface area contributed by atoms with Crippen LogP contribution in [0, 0.1) is 13.8 Å². The molecule has 2 aromatic carbocycles. The molecule has 0 aromatic heterocycles. The topological polar surface area (TPSA) is 58.2 Å². The van der Waals surface area contributed by atoms with Gasteiger partial charge in [0.15, 0.2) is 0 Å². The van der Waals surface area contributed by atoms with E-state index in [0.29, 0.717) is 24.2 Å². The first kappa shape index (κ1) is 24.6. The molecule has 4 nitrogen and oxygen atoms in total. The lowest BCUT2D eigenvalue weighted by molar-refractivity contribution is 0.0944. The summed E-state index contributed by atoms with van der Waals surface area (Å²) in [6.45, 7) is 5.41. The Balaban J connectivity index is 1.49. The van der Waals surface area contributed by atoms with Crippen molar-refractivity contribution in [1.82, 2.24) is 10.6 Å².